The van der Waals surface area contributed by atoms with Crippen LogP contribution in [0.4, 0.5) is 0 Å². The standard InChI is InChI=1S/C16H21BrN4O/c17-12-3-4-15-14(8-12)11(9-20-15)5-6-19-16(18)21-10-13-2-1-7-22-13/h3-4,8-9,13,20H,1-2,5-7,10H2,(H3,18,19,21). The molecule has 0 bridgehead atoms. The highest BCUT2D eigenvalue weighted by atomic mass is 79.9. The molecule has 2 heterocycles. The SMILES string of the molecule is NC(=NCC1CCCO1)NCCc1c[nH]c2ccc(Br)cc12. The Hall–Kier alpha value is -1.53. The van der Waals surface area contributed by atoms with Crippen molar-refractivity contribution in [2.45, 2.75) is 25.4 Å². The Morgan fingerprint density at radius 2 is 2.41 bits per heavy atom. The lowest BCUT2D eigenvalue weighted by molar-refractivity contribution is 0.118. The van der Waals surface area contributed by atoms with Crippen LogP contribution in [0.15, 0.2) is 33.9 Å². The molecule has 2 aromatic rings. The number of ether oxygens (including phenoxy) is 1. The van der Waals surface area contributed by atoms with Gasteiger partial charge in [0.15, 0.2) is 5.96 Å². The van der Waals surface area contributed by atoms with Crippen molar-refractivity contribution in [2.75, 3.05) is 19.7 Å². The lowest BCUT2D eigenvalue weighted by Crippen LogP contribution is -2.34. The minimum absolute atomic E-state index is 0.242. The molecule has 6 heteroatoms. The van der Waals surface area contributed by atoms with Crippen LogP contribution in [0.2, 0.25) is 0 Å². The molecule has 3 rings (SSSR count). The van der Waals surface area contributed by atoms with Crippen molar-refractivity contribution in [1.29, 1.82) is 0 Å². The highest BCUT2D eigenvalue weighted by molar-refractivity contribution is 9.10. The van der Waals surface area contributed by atoms with Crippen LogP contribution in [0.5, 0.6) is 0 Å². The predicted molar refractivity (Wildman–Crippen MR) is 93.2 cm³/mol. The smallest absolute Gasteiger partial charge is 0.188 e. The summed E-state index contributed by atoms with van der Waals surface area (Å²) in [7, 11) is 0. The number of aromatic nitrogens is 1. The van der Waals surface area contributed by atoms with E-state index < -0.39 is 0 Å². The zero-order chi connectivity index (χ0) is 15.4. The van der Waals surface area contributed by atoms with Gasteiger partial charge in [0.2, 0.25) is 0 Å². The van der Waals surface area contributed by atoms with Crippen LogP contribution in [0.3, 0.4) is 0 Å². The third-order valence-corrected chi connectivity index (χ3v) is 4.41. The molecule has 0 radical (unpaired) electrons. The number of guanidine groups is 1. The molecule has 0 aliphatic carbocycles. The van der Waals surface area contributed by atoms with Gasteiger partial charge in [-0.2, -0.15) is 0 Å². The Bertz CT molecular complexity index is 661. The van der Waals surface area contributed by atoms with Crippen molar-refractivity contribution in [3.05, 3.63) is 34.4 Å². The first-order valence-corrected chi connectivity index (χ1v) is 8.42. The number of benzene rings is 1. The quantitative estimate of drug-likeness (QED) is 0.563. The fourth-order valence-corrected chi connectivity index (χ4v) is 3.09. The molecule has 0 amide bonds. The monoisotopic (exact) mass is 364 g/mol. The third-order valence-electron chi connectivity index (χ3n) is 3.92. The Balaban J connectivity index is 1.51. The largest absolute Gasteiger partial charge is 0.376 e. The predicted octanol–water partition coefficient (Wildman–Crippen LogP) is 2.56. The van der Waals surface area contributed by atoms with Crippen LogP contribution >= 0.6 is 15.9 Å². The van der Waals surface area contributed by atoms with Crippen molar-refractivity contribution >= 4 is 32.8 Å². The summed E-state index contributed by atoms with van der Waals surface area (Å²) in [6.45, 7) is 2.27. The summed E-state index contributed by atoms with van der Waals surface area (Å²) in [4.78, 5) is 7.63. The van der Waals surface area contributed by atoms with Crippen molar-refractivity contribution in [3.8, 4) is 0 Å². The van der Waals surface area contributed by atoms with E-state index in [0.29, 0.717) is 12.5 Å². The van der Waals surface area contributed by atoms with E-state index in [1.54, 1.807) is 0 Å². The van der Waals surface area contributed by atoms with Crippen molar-refractivity contribution < 1.29 is 4.74 Å². The number of fused-ring (bicyclic) bond motifs is 1. The molecular formula is C16H21BrN4O. The minimum atomic E-state index is 0.242. The molecular weight excluding hydrogens is 344 g/mol. The van der Waals surface area contributed by atoms with Gasteiger partial charge in [-0.1, -0.05) is 15.9 Å². The Morgan fingerprint density at radius 3 is 3.23 bits per heavy atom. The van der Waals surface area contributed by atoms with Crippen LogP contribution in [-0.2, 0) is 11.2 Å². The van der Waals surface area contributed by atoms with Crippen molar-refractivity contribution in [1.82, 2.24) is 10.3 Å². The first kappa shape index (κ1) is 15.4. The lowest BCUT2D eigenvalue weighted by atomic mass is 10.1. The van der Waals surface area contributed by atoms with Crippen LogP contribution in [0.1, 0.15) is 18.4 Å². The van der Waals surface area contributed by atoms with Gasteiger partial charge in [-0.3, -0.25) is 4.99 Å². The third kappa shape index (κ3) is 3.81. The van der Waals surface area contributed by atoms with Crippen LogP contribution in [0, 0.1) is 0 Å². The average molecular weight is 365 g/mol. The number of rotatable bonds is 5. The van der Waals surface area contributed by atoms with Gasteiger partial charge >= 0.3 is 0 Å². The molecule has 1 aromatic carbocycles. The molecule has 1 fully saturated rings. The second-order valence-corrected chi connectivity index (χ2v) is 6.46. The molecule has 1 aliphatic heterocycles. The molecule has 0 saturated carbocycles. The summed E-state index contributed by atoms with van der Waals surface area (Å²) >= 11 is 3.51. The van der Waals surface area contributed by atoms with E-state index >= 15 is 0 Å². The first-order chi connectivity index (χ1) is 10.7. The number of nitrogens with two attached hydrogens (primary N) is 1. The molecule has 5 nitrogen and oxygen atoms in total. The van der Waals surface area contributed by atoms with E-state index in [0.717, 1.165) is 42.4 Å². The van der Waals surface area contributed by atoms with Gasteiger partial charge in [0.25, 0.3) is 0 Å². The van der Waals surface area contributed by atoms with E-state index in [-0.39, 0.29) is 6.10 Å². The van der Waals surface area contributed by atoms with Crippen molar-refractivity contribution in [3.63, 3.8) is 0 Å². The molecule has 1 aromatic heterocycles. The molecule has 1 unspecified atom stereocenters. The molecule has 1 aliphatic rings. The molecule has 4 N–H and O–H groups in total. The number of nitrogens with one attached hydrogen (secondary N) is 2. The molecule has 1 saturated heterocycles. The number of H-pyrrole nitrogens is 1. The summed E-state index contributed by atoms with van der Waals surface area (Å²) in [5.74, 6) is 0.497. The first-order valence-electron chi connectivity index (χ1n) is 7.63. The summed E-state index contributed by atoms with van der Waals surface area (Å²) in [6, 6.07) is 6.25. The highest BCUT2D eigenvalue weighted by Gasteiger charge is 2.14. The van der Waals surface area contributed by atoms with Gasteiger partial charge in [0.05, 0.1) is 12.6 Å². The van der Waals surface area contributed by atoms with E-state index in [9.17, 15) is 0 Å². The van der Waals surface area contributed by atoms with Gasteiger partial charge in [-0.25, -0.2) is 0 Å². The Kier molecular flexibility index (Phi) is 5.00. The normalized spacial score (nSPS) is 19.0. The highest BCUT2D eigenvalue weighted by Crippen LogP contribution is 2.22. The van der Waals surface area contributed by atoms with Gasteiger partial charge in [-0.05, 0) is 43.0 Å². The van der Waals surface area contributed by atoms with Gasteiger partial charge in [0, 0.05) is 34.7 Å². The minimum Gasteiger partial charge on any atom is -0.376 e. The number of aliphatic imine (C=N–C) groups is 1. The Morgan fingerprint density at radius 1 is 1.50 bits per heavy atom. The summed E-state index contributed by atoms with van der Waals surface area (Å²) in [5, 5.41) is 4.41. The molecule has 22 heavy (non-hydrogen) atoms. The summed E-state index contributed by atoms with van der Waals surface area (Å²) in [5.41, 5.74) is 8.32. The van der Waals surface area contributed by atoms with Gasteiger partial charge < -0.3 is 20.8 Å². The van der Waals surface area contributed by atoms with E-state index in [1.807, 2.05) is 6.07 Å². The lowest BCUT2D eigenvalue weighted by Gasteiger charge is -2.08. The zero-order valence-electron chi connectivity index (χ0n) is 12.4. The number of halogens is 1. The topological polar surface area (TPSA) is 75.4 Å². The average Bonchev–Trinajstić information content (AvgIpc) is 3.15. The van der Waals surface area contributed by atoms with E-state index in [1.165, 1.54) is 10.9 Å². The van der Waals surface area contributed by atoms with E-state index in [4.69, 9.17) is 10.5 Å². The van der Waals surface area contributed by atoms with Crippen LogP contribution in [0.25, 0.3) is 10.9 Å². The van der Waals surface area contributed by atoms with Gasteiger partial charge in [0.1, 0.15) is 0 Å². The fraction of sp³-hybridized carbons (Fsp3) is 0.438. The fourth-order valence-electron chi connectivity index (χ4n) is 2.73. The maximum absolute atomic E-state index is 5.90. The zero-order valence-corrected chi connectivity index (χ0v) is 14.0. The second-order valence-electron chi connectivity index (χ2n) is 5.54. The molecule has 1 atom stereocenters. The summed E-state index contributed by atoms with van der Waals surface area (Å²) < 4.78 is 6.62. The van der Waals surface area contributed by atoms with Crippen molar-refractivity contribution in [2.24, 2.45) is 10.7 Å². The number of hydrogen-bond acceptors (Lipinski definition) is 2. The number of nitrogens with zero attached hydrogens (tertiary/aromatic N) is 1. The Labute approximate surface area is 138 Å². The maximum atomic E-state index is 5.90. The van der Waals surface area contributed by atoms with Crippen LogP contribution < -0.4 is 11.1 Å². The molecule has 118 valence electrons. The number of hydrogen-bond donors (Lipinski definition) is 3. The summed E-state index contributed by atoms with van der Waals surface area (Å²) in [6.07, 6.45) is 5.40. The van der Waals surface area contributed by atoms with Crippen LogP contribution in [-0.4, -0.2) is 36.7 Å². The number of aromatic amines is 1. The maximum Gasteiger partial charge on any atom is 0.188 e. The second kappa shape index (κ2) is 7.15. The molecule has 0 spiro atoms. The van der Waals surface area contributed by atoms with E-state index in [2.05, 4.69) is 49.6 Å². The van der Waals surface area contributed by atoms with Gasteiger partial charge in [-0.15, -0.1) is 0 Å².